The van der Waals surface area contributed by atoms with Gasteiger partial charge in [-0.25, -0.2) is 0 Å². The molecule has 1 aliphatic rings. The Bertz CT molecular complexity index is 956. The van der Waals surface area contributed by atoms with Crippen molar-refractivity contribution in [1.29, 1.82) is 5.26 Å². The standard InChI is InChI=1S/C18H20N8/c1-24-12-20-22-18(24)13-6-8-26(9-7-13)17-14(10-19)4-3-5-15(17)16-11-21-25(2)23-16/h3-5,11-13H,6-9H2,1-2H3. The van der Waals surface area contributed by atoms with E-state index in [0.717, 1.165) is 48.7 Å². The Labute approximate surface area is 151 Å². The summed E-state index contributed by atoms with van der Waals surface area (Å²) in [6, 6.07) is 8.11. The molecule has 3 heterocycles. The van der Waals surface area contributed by atoms with Crippen LogP contribution in [0, 0.1) is 11.3 Å². The van der Waals surface area contributed by atoms with Gasteiger partial charge in [-0.1, -0.05) is 12.1 Å². The maximum Gasteiger partial charge on any atom is 0.135 e. The van der Waals surface area contributed by atoms with E-state index in [-0.39, 0.29) is 0 Å². The number of hydrogen-bond donors (Lipinski definition) is 0. The molecule has 0 spiro atoms. The van der Waals surface area contributed by atoms with Crippen molar-refractivity contribution in [1.82, 2.24) is 29.8 Å². The maximum absolute atomic E-state index is 9.62. The van der Waals surface area contributed by atoms with Crippen LogP contribution in [0.15, 0.2) is 30.7 Å². The third kappa shape index (κ3) is 2.81. The van der Waals surface area contributed by atoms with E-state index in [1.807, 2.05) is 29.8 Å². The highest BCUT2D eigenvalue weighted by Crippen LogP contribution is 2.36. The van der Waals surface area contributed by atoms with E-state index in [4.69, 9.17) is 0 Å². The Morgan fingerprint density at radius 3 is 2.62 bits per heavy atom. The minimum atomic E-state index is 0.396. The minimum Gasteiger partial charge on any atom is -0.370 e. The second-order valence-electron chi connectivity index (χ2n) is 6.59. The summed E-state index contributed by atoms with van der Waals surface area (Å²) in [6.07, 6.45) is 5.45. The first-order valence-electron chi connectivity index (χ1n) is 8.66. The van der Waals surface area contributed by atoms with Crippen LogP contribution >= 0.6 is 0 Å². The monoisotopic (exact) mass is 348 g/mol. The third-order valence-corrected chi connectivity index (χ3v) is 4.95. The van der Waals surface area contributed by atoms with E-state index >= 15 is 0 Å². The molecule has 0 saturated carbocycles. The van der Waals surface area contributed by atoms with Crippen molar-refractivity contribution in [2.75, 3.05) is 18.0 Å². The van der Waals surface area contributed by atoms with Crippen LogP contribution in [0.25, 0.3) is 11.3 Å². The van der Waals surface area contributed by atoms with E-state index in [1.165, 1.54) is 0 Å². The molecule has 8 nitrogen and oxygen atoms in total. The fourth-order valence-corrected chi connectivity index (χ4v) is 3.67. The lowest BCUT2D eigenvalue weighted by Crippen LogP contribution is -2.34. The Kier molecular flexibility index (Phi) is 4.13. The molecule has 1 saturated heterocycles. The molecular weight excluding hydrogens is 328 g/mol. The van der Waals surface area contributed by atoms with E-state index in [2.05, 4.69) is 31.4 Å². The molecule has 8 heteroatoms. The van der Waals surface area contributed by atoms with Gasteiger partial charge in [-0.3, -0.25) is 0 Å². The second-order valence-corrected chi connectivity index (χ2v) is 6.59. The number of hydrogen-bond acceptors (Lipinski definition) is 6. The zero-order valence-corrected chi connectivity index (χ0v) is 14.9. The van der Waals surface area contributed by atoms with Crippen LogP contribution in [0.5, 0.6) is 0 Å². The smallest absolute Gasteiger partial charge is 0.135 e. The predicted octanol–water partition coefficient (Wildman–Crippen LogP) is 1.87. The lowest BCUT2D eigenvalue weighted by atomic mass is 9.94. The van der Waals surface area contributed by atoms with E-state index in [0.29, 0.717) is 11.5 Å². The first-order chi connectivity index (χ1) is 12.7. The van der Waals surface area contributed by atoms with Gasteiger partial charge in [0.1, 0.15) is 23.9 Å². The van der Waals surface area contributed by atoms with Crippen molar-refractivity contribution < 1.29 is 0 Å². The number of para-hydroxylation sites is 1. The molecule has 1 aromatic carbocycles. The van der Waals surface area contributed by atoms with Gasteiger partial charge in [0.05, 0.1) is 17.4 Å². The summed E-state index contributed by atoms with van der Waals surface area (Å²) in [5, 5.41) is 26.5. The van der Waals surface area contributed by atoms with Crippen LogP contribution in [-0.2, 0) is 14.1 Å². The van der Waals surface area contributed by atoms with Crippen LogP contribution in [0.4, 0.5) is 5.69 Å². The lowest BCUT2D eigenvalue weighted by Gasteiger charge is -2.34. The summed E-state index contributed by atoms with van der Waals surface area (Å²) >= 11 is 0. The molecule has 0 radical (unpaired) electrons. The van der Waals surface area contributed by atoms with Gasteiger partial charge in [-0.2, -0.15) is 20.3 Å². The Morgan fingerprint density at radius 2 is 2.00 bits per heavy atom. The van der Waals surface area contributed by atoms with Gasteiger partial charge in [0.15, 0.2) is 0 Å². The number of benzene rings is 1. The molecule has 0 unspecified atom stereocenters. The highest BCUT2D eigenvalue weighted by atomic mass is 15.4. The molecule has 0 amide bonds. The van der Waals surface area contributed by atoms with Crippen molar-refractivity contribution in [3.05, 3.63) is 42.1 Å². The molecular formula is C18H20N8. The van der Waals surface area contributed by atoms with Crippen molar-refractivity contribution >= 4 is 5.69 Å². The van der Waals surface area contributed by atoms with Crippen LogP contribution < -0.4 is 4.90 Å². The minimum absolute atomic E-state index is 0.396. The fourth-order valence-electron chi connectivity index (χ4n) is 3.67. The summed E-state index contributed by atoms with van der Waals surface area (Å²) in [4.78, 5) is 3.83. The van der Waals surface area contributed by atoms with Crippen molar-refractivity contribution in [2.24, 2.45) is 14.1 Å². The molecule has 4 rings (SSSR count). The lowest BCUT2D eigenvalue weighted by molar-refractivity contribution is 0.474. The molecule has 26 heavy (non-hydrogen) atoms. The summed E-state index contributed by atoms with van der Waals surface area (Å²) in [5.74, 6) is 1.43. The SMILES string of the molecule is Cn1ncc(-c2cccc(C#N)c2N2CCC(c3nncn3C)CC2)n1. The van der Waals surface area contributed by atoms with E-state index < -0.39 is 0 Å². The summed E-state index contributed by atoms with van der Waals surface area (Å²) in [5.41, 5.74) is 3.36. The van der Waals surface area contributed by atoms with Gasteiger partial charge in [-0.15, -0.1) is 10.2 Å². The summed E-state index contributed by atoms with van der Waals surface area (Å²) in [7, 11) is 3.78. The zero-order chi connectivity index (χ0) is 18.1. The topological polar surface area (TPSA) is 88.5 Å². The summed E-state index contributed by atoms with van der Waals surface area (Å²) < 4.78 is 1.99. The quantitative estimate of drug-likeness (QED) is 0.718. The summed E-state index contributed by atoms with van der Waals surface area (Å²) in [6.45, 7) is 1.73. The normalized spacial score (nSPS) is 15.2. The zero-order valence-electron chi connectivity index (χ0n) is 14.9. The van der Waals surface area contributed by atoms with Gasteiger partial charge < -0.3 is 9.47 Å². The number of anilines is 1. The van der Waals surface area contributed by atoms with E-state index in [9.17, 15) is 5.26 Å². The molecule has 0 atom stereocenters. The van der Waals surface area contributed by atoms with E-state index in [1.54, 1.807) is 24.4 Å². The number of nitriles is 1. The van der Waals surface area contributed by atoms with Gasteiger partial charge >= 0.3 is 0 Å². The second kappa shape index (κ2) is 6.59. The molecule has 1 aliphatic heterocycles. The number of aromatic nitrogens is 6. The predicted molar refractivity (Wildman–Crippen MR) is 96.3 cm³/mol. The van der Waals surface area contributed by atoms with Crippen LogP contribution in [-0.4, -0.2) is 42.8 Å². The number of rotatable bonds is 3. The van der Waals surface area contributed by atoms with Gasteiger partial charge in [0, 0.05) is 38.7 Å². The molecule has 0 N–H and O–H groups in total. The van der Waals surface area contributed by atoms with Gasteiger partial charge in [0.2, 0.25) is 0 Å². The fraction of sp³-hybridized carbons (Fsp3) is 0.389. The number of piperidine rings is 1. The van der Waals surface area contributed by atoms with Crippen molar-refractivity contribution in [3.63, 3.8) is 0 Å². The molecule has 0 bridgehead atoms. The van der Waals surface area contributed by atoms with Gasteiger partial charge in [0.25, 0.3) is 0 Å². The van der Waals surface area contributed by atoms with Gasteiger partial charge in [-0.05, 0) is 18.9 Å². The highest BCUT2D eigenvalue weighted by Gasteiger charge is 2.27. The molecule has 132 valence electrons. The van der Waals surface area contributed by atoms with Crippen LogP contribution in [0.2, 0.25) is 0 Å². The first-order valence-corrected chi connectivity index (χ1v) is 8.66. The average Bonchev–Trinajstić information content (AvgIpc) is 3.29. The van der Waals surface area contributed by atoms with Crippen molar-refractivity contribution in [3.8, 4) is 17.3 Å². The molecule has 3 aromatic rings. The Morgan fingerprint density at radius 1 is 1.19 bits per heavy atom. The number of aryl methyl sites for hydroxylation is 2. The van der Waals surface area contributed by atoms with Crippen molar-refractivity contribution in [2.45, 2.75) is 18.8 Å². The van der Waals surface area contributed by atoms with Crippen LogP contribution in [0.3, 0.4) is 0 Å². The maximum atomic E-state index is 9.62. The molecule has 0 aliphatic carbocycles. The largest absolute Gasteiger partial charge is 0.370 e. The molecule has 1 fully saturated rings. The number of nitrogens with zero attached hydrogens (tertiary/aromatic N) is 8. The first kappa shape index (κ1) is 16.3. The Hall–Kier alpha value is -3.21. The third-order valence-electron chi connectivity index (χ3n) is 4.95. The average molecular weight is 348 g/mol. The molecule has 2 aromatic heterocycles. The Balaban J connectivity index is 1.64. The highest BCUT2D eigenvalue weighted by molar-refractivity contribution is 5.81. The van der Waals surface area contributed by atoms with Crippen LogP contribution in [0.1, 0.15) is 30.1 Å².